The highest BCUT2D eigenvalue weighted by Gasteiger charge is 2.38. The summed E-state index contributed by atoms with van der Waals surface area (Å²) in [5.74, 6) is -0.881. The van der Waals surface area contributed by atoms with Crippen LogP contribution in [0.2, 0.25) is 0 Å². The van der Waals surface area contributed by atoms with Crippen LogP contribution in [0.1, 0.15) is 45.6 Å². The molecule has 2 amide bonds. The van der Waals surface area contributed by atoms with Crippen molar-refractivity contribution < 1.29 is 22.8 Å². The van der Waals surface area contributed by atoms with E-state index >= 15 is 0 Å². The first kappa shape index (κ1) is 23.2. The van der Waals surface area contributed by atoms with Gasteiger partial charge >= 0.3 is 6.18 Å². The van der Waals surface area contributed by atoms with Crippen molar-refractivity contribution in [2.45, 2.75) is 52.6 Å². The Labute approximate surface area is 171 Å². The average Bonchev–Trinajstić information content (AvgIpc) is 2.63. The Kier molecular flexibility index (Phi) is 7.72. The number of aryl methyl sites for hydroxylation is 1. The molecule has 1 aliphatic rings. The molecule has 2 rings (SSSR count). The largest absolute Gasteiger partial charge is 0.406 e. The number of alkyl halides is 3. The molecule has 0 aromatic heterocycles. The molecule has 0 atom stereocenters. The van der Waals surface area contributed by atoms with Gasteiger partial charge in [-0.2, -0.15) is 13.2 Å². The Morgan fingerprint density at radius 3 is 2.14 bits per heavy atom. The molecule has 1 heterocycles. The standard InChI is InChI=1S/C22H31F3N2O2/c1-21(2,3)15-27(16-22(23,24)25)20(29)18-11-13-26(14-12-18)19(28)10-9-17-7-5-4-6-8-17/h4-8,18H,9-16H2,1-3H3. The Hall–Kier alpha value is -2.05. The summed E-state index contributed by atoms with van der Waals surface area (Å²) in [6, 6.07) is 9.74. The number of rotatable bonds is 6. The highest BCUT2D eigenvalue weighted by atomic mass is 19.4. The highest BCUT2D eigenvalue weighted by molar-refractivity contribution is 5.80. The molecule has 0 saturated carbocycles. The van der Waals surface area contributed by atoms with Gasteiger partial charge in [0.15, 0.2) is 0 Å². The van der Waals surface area contributed by atoms with Crippen LogP contribution in [0.5, 0.6) is 0 Å². The summed E-state index contributed by atoms with van der Waals surface area (Å²) in [5, 5.41) is 0. The number of piperidine rings is 1. The maximum Gasteiger partial charge on any atom is 0.406 e. The Morgan fingerprint density at radius 1 is 1.03 bits per heavy atom. The second kappa shape index (κ2) is 9.63. The van der Waals surface area contributed by atoms with E-state index in [0.29, 0.717) is 38.8 Å². The second-order valence-electron chi connectivity index (χ2n) is 9.01. The zero-order valence-corrected chi connectivity index (χ0v) is 17.5. The topological polar surface area (TPSA) is 40.6 Å². The first-order valence-corrected chi connectivity index (χ1v) is 10.1. The third-order valence-corrected chi connectivity index (χ3v) is 5.01. The van der Waals surface area contributed by atoms with E-state index < -0.39 is 30.0 Å². The smallest absolute Gasteiger partial charge is 0.343 e. The number of benzene rings is 1. The summed E-state index contributed by atoms with van der Waals surface area (Å²) in [7, 11) is 0. The minimum absolute atomic E-state index is 0.0293. The van der Waals surface area contributed by atoms with Gasteiger partial charge in [-0.25, -0.2) is 0 Å². The number of carbonyl (C=O) groups is 2. The monoisotopic (exact) mass is 412 g/mol. The maximum absolute atomic E-state index is 13.0. The lowest BCUT2D eigenvalue weighted by atomic mass is 9.92. The van der Waals surface area contributed by atoms with Gasteiger partial charge in [-0.05, 0) is 30.2 Å². The van der Waals surface area contributed by atoms with Gasteiger partial charge in [0, 0.05) is 32.0 Å². The van der Waals surface area contributed by atoms with Crippen LogP contribution >= 0.6 is 0 Å². The summed E-state index contributed by atoms with van der Waals surface area (Å²) < 4.78 is 38.9. The summed E-state index contributed by atoms with van der Waals surface area (Å²) in [5.41, 5.74) is 0.672. The Morgan fingerprint density at radius 2 is 1.62 bits per heavy atom. The van der Waals surface area contributed by atoms with Gasteiger partial charge in [-0.1, -0.05) is 51.1 Å². The molecule has 0 aliphatic carbocycles. The lowest BCUT2D eigenvalue weighted by Gasteiger charge is -2.36. The summed E-state index contributed by atoms with van der Waals surface area (Å²) in [6.45, 7) is 5.12. The highest BCUT2D eigenvalue weighted by Crippen LogP contribution is 2.26. The maximum atomic E-state index is 13.0. The van der Waals surface area contributed by atoms with Crippen LogP contribution in [0.3, 0.4) is 0 Å². The van der Waals surface area contributed by atoms with E-state index in [1.807, 2.05) is 51.1 Å². The van der Waals surface area contributed by atoms with Gasteiger partial charge in [-0.15, -0.1) is 0 Å². The van der Waals surface area contributed by atoms with E-state index in [1.165, 1.54) is 0 Å². The van der Waals surface area contributed by atoms with Crippen LogP contribution in [0.25, 0.3) is 0 Å². The van der Waals surface area contributed by atoms with Crippen molar-refractivity contribution in [3.8, 4) is 0 Å². The summed E-state index contributed by atoms with van der Waals surface area (Å²) in [6.07, 6.45) is -2.55. The first-order chi connectivity index (χ1) is 13.4. The fraction of sp³-hybridized carbons (Fsp3) is 0.636. The van der Waals surface area contributed by atoms with Gasteiger partial charge in [0.1, 0.15) is 6.54 Å². The Bertz CT molecular complexity index is 660. The molecule has 162 valence electrons. The SMILES string of the molecule is CC(C)(C)CN(CC(F)(F)F)C(=O)C1CCN(C(=O)CCc2ccccc2)CC1. The molecular weight excluding hydrogens is 381 g/mol. The van der Waals surface area contributed by atoms with Crippen molar-refractivity contribution in [3.63, 3.8) is 0 Å². The van der Waals surface area contributed by atoms with Crippen LogP contribution in [-0.2, 0) is 16.0 Å². The molecule has 29 heavy (non-hydrogen) atoms. The van der Waals surface area contributed by atoms with Crippen molar-refractivity contribution in [2.75, 3.05) is 26.2 Å². The van der Waals surface area contributed by atoms with Crippen molar-refractivity contribution in [2.24, 2.45) is 11.3 Å². The molecule has 1 fully saturated rings. The van der Waals surface area contributed by atoms with Gasteiger partial charge < -0.3 is 9.80 Å². The number of hydrogen-bond donors (Lipinski definition) is 0. The van der Waals surface area contributed by atoms with Crippen molar-refractivity contribution in [1.29, 1.82) is 0 Å². The average molecular weight is 412 g/mol. The number of halogens is 3. The van der Waals surface area contributed by atoms with E-state index in [1.54, 1.807) is 4.90 Å². The van der Waals surface area contributed by atoms with Crippen LogP contribution < -0.4 is 0 Å². The molecule has 0 bridgehead atoms. The minimum atomic E-state index is -4.42. The number of carbonyl (C=O) groups excluding carboxylic acids is 2. The van der Waals surface area contributed by atoms with E-state index in [4.69, 9.17) is 0 Å². The lowest BCUT2D eigenvalue weighted by Crippen LogP contribution is -2.49. The lowest BCUT2D eigenvalue weighted by molar-refractivity contribution is -0.167. The number of hydrogen-bond acceptors (Lipinski definition) is 2. The number of amides is 2. The van der Waals surface area contributed by atoms with Crippen LogP contribution in [0.15, 0.2) is 30.3 Å². The molecular formula is C22H31F3N2O2. The van der Waals surface area contributed by atoms with Crippen molar-refractivity contribution in [3.05, 3.63) is 35.9 Å². The molecule has 7 heteroatoms. The van der Waals surface area contributed by atoms with E-state index in [9.17, 15) is 22.8 Å². The molecule has 1 aromatic carbocycles. The van der Waals surface area contributed by atoms with Crippen molar-refractivity contribution in [1.82, 2.24) is 9.80 Å². The van der Waals surface area contributed by atoms with E-state index in [-0.39, 0.29) is 12.5 Å². The fourth-order valence-corrected chi connectivity index (χ4v) is 3.69. The van der Waals surface area contributed by atoms with Crippen LogP contribution in [-0.4, -0.2) is 54.0 Å². The van der Waals surface area contributed by atoms with Gasteiger partial charge in [0.05, 0.1) is 0 Å². The molecule has 0 unspecified atom stereocenters. The van der Waals surface area contributed by atoms with Gasteiger partial charge in [-0.3, -0.25) is 9.59 Å². The molecule has 1 aliphatic heterocycles. The molecule has 1 aromatic rings. The quantitative estimate of drug-likeness (QED) is 0.699. The molecule has 0 spiro atoms. The number of nitrogens with zero attached hydrogens (tertiary/aromatic N) is 2. The molecule has 4 nitrogen and oxygen atoms in total. The third-order valence-electron chi connectivity index (χ3n) is 5.01. The van der Waals surface area contributed by atoms with Crippen LogP contribution in [0.4, 0.5) is 13.2 Å². The predicted molar refractivity (Wildman–Crippen MR) is 106 cm³/mol. The van der Waals surface area contributed by atoms with E-state index in [2.05, 4.69) is 0 Å². The first-order valence-electron chi connectivity index (χ1n) is 10.1. The van der Waals surface area contributed by atoms with E-state index in [0.717, 1.165) is 10.5 Å². The van der Waals surface area contributed by atoms with Gasteiger partial charge in [0.2, 0.25) is 11.8 Å². The third kappa shape index (κ3) is 8.07. The second-order valence-corrected chi connectivity index (χ2v) is 9.01. The molecule has 0 radical (unpaired) electrons. The summed E-state index contributed by atoms with van der Waals surface area (Å²) in [4.78, 5) is 27.9. The molecule has 1 saturated heterocycles. The zero-order chi connectivity index (χ0) is 21.7. The van der Waals surface area contributed by atoms with Crippen molar-refractivity contribution >= 4 is 11.8 Å². The Balaban J connectivity index is 1.88. The normalized spacial score (nSPS) is 16.0. The predicted octanol–water partition coefficient (Wildman–Crippen LogP) is 4.29. The molecule has 0 N–H and O–H groups in total. The summed E-state index contributed by atoms with van der Waals surface area (Å²) >= 11 is 0. The fourth-order valence-electron chi connectivity index (χ4n) is 3.69. The van der Waals surface area contributed by atoms with Gasteiger partial charge in [0.25, 0.3) is 0 Å². The van der Waals surface area contributed by atoms with Crippen LogP contribution in [0, 0.1) is 11.3 Å². The zero-order valence-electron chi connectivity index (χ0n) is 17.5. The minimum Gasteiger partial charge on any atom is -0.343 e. The number of likely N-dealkylation sites (tertiary alicyclic amines) is 1.